The summed E-state index contributed by atoms with van der Waals surface area (Å²) in [6.07, 6.45) is 1.49. The highest BCUT2D eigenvalue weighted by Gasteiger charge is 2.20. The standard InChI is InChI=1S/C16H11Cl2N5O3S/c1-22-8-19-21-16(22)27-13-6-5-9(7-12(13)23(25)26)15(24)20-11-4-2-3-10(17)14(11)18/h2-8H,1H3,(H,20,24). The third-order valence-electron chi connectivity index (χ3n) is 3.49. The number of halogens is 2. The molecule has 11 heteroatoms. The van der Waals surface area contributed by atoms with E-state index in [9.17, 15) is 14.9 Å². The maximum atomic E-state index is 12.5. The van der Waals surface area contributed by atoms with Crippen LogP contribution in [0.2, 0.25) is 10.0 Å². The zero-order valence-electron chi connectivity index (χ0n) is 13.7. The summed E-state index contributed by atoms with van der Waals surface area (Å²) in [5, 5.41) is 22.6. The first-order chi connectivity index (χ1) is 12.9. The van der Waals surface area contributed by atoms with Crippen molar-refractivity contribution in [2.24, 2.45) is 7.05 Å². The molecular formula is C16H11Cl2N5O3S. The molecule has 8 nitrogen and oxygen atoms in total. The van der Waals surface area contributed by atoms with Crippen LogP contribution in [0.4, 0.5) is 11.4 Å². The number of amides is 1. The van der Waals surface area contributed by atoms with E-state index in [0.29, 0.717) is 15.7 Å². The molecule has 1 N–H and O–H groups in total. The van der Waals surface area contributed by atoms with Crippen LogP contribution in [0, 0.1) is 10.1 Å². The molecule has 0 spiro atoms. The van der Waals surface area contributed by atoms with Crippen LogP contribution in [0.1, 0.15) is 10.4 Å². The number of benzene rings is 2. The van der Waals surface area contributed by atoms with Gasteiger partial charge in [-0.1, -0.05) is 29.3 Å². The fourth-order valence-corrected chi connectivity index (χ4v) is 3.34. The van der Waals surface area contributed by atoms with Crippen LogP contribution in [0.5, 0.6) is 0 Å². The zero-order valence-corrected chi connectivity index (χ0v) is 16.0. The number of nitro benzene ring substituents is 1. The fraction of sp³-hybridized carbons (Fsp3) is 0.0625. The van der Waals surface area contributed by atoms with E-state index in [-0.39, 0.29) is 21.3 Å². The average molecular weight is 424 g/mol. The quantitative estimate of drug-likeness (QED) is 0.480. The molecular weight excluding hydrogens is 413 g/mol. The summed E-state index contributed by atoms with van der Waals surface area (Å²) in [5.41, 5.74) is 0.210. The van der Waals surface area contributed by atoms with Gasteiger partial charge in [-0.3, -0.25) is 14.9 Å². The monoisotopic (exact) mass is 423 g/mol. The Bertz CT molecular complexity index is 1040. The van der Waals surface area contributed by atoms with Gasteiger partial charge in [-0.25, -0.2) is 0 Å². The molecule has 1 heterocycles. The number of nitro groups is 1. The number of aryl methyl sites for hydroxylation is 1. The Morgan fingerprint density at radius 2 is 2.07 bits per heavy atom. The lowest BCUT2D eigenvalue weighted by Crippen LogP contribution is -2.12. The van der Waals surface area contributed by atoms with Gasteiger partial charge in [0.2, 0.25) is 0 Å². The Morgan fingerprint density at radius 1 is 1.30 bits per heavy atom. The van der Waals surface area contributed by atoms with Crippen molar-refractivity contribution < 1.29 is 9.72 Å². The summed E-state index contributed by atoms with van der Waals surface area (Å²) in [7, 11) is 1.73. The number of carbonyl (C=O) groups is 1. The summed E-state index contributed by atoms with van der Waals surface area (Å²) < 4.78 is 1.64. The Balaban J connectivity index is 1.89. The first-order valence-electron chi connectivity index (χ1n) is 7.42. The van der Waals surface area contributed by atoms with Crippen molar-refractivity contribution in [2.75, 3.05) is 5.32 Å². The Labute approximate surface area is 167 Å². The molecule has 0 fully saturated rings. The Hall–Kier alpha value is -2.62. The summed E-state index contributed by atoms with van der Waals surface area (Å²) in [6, 6.07) is 8.98. The predicted octanol–water partition coefficient (Wildman–Crippen LogP) is 4.43. The van der Waals surface area contributed by atoms with Gasteiger partial charge in [0.25, 0.3) is 11.6 Å². The van der Waals surface area contributed by atoms with Gasteiger partial charge in [0.05, 0.1) is 25.6 Å². The Kier molecular flexibility index (Phi) is 5.64. The van der Waals surface area contributed by atoms with E-state index in [2.05, 4.69) is 15.5 Å². The molecule has 0 aliphatic heterocycles. The van der Waals surface area contributed by atoms with E-state index in [4.69, 9.17) is 23.2 Å². The van der Waals surface area contributed by atoms with Gasteiger partial charge in [0.1, 0.15) is 6.33 Å². The van der Waals surface area contributed by atoms with Crippen molar-refractivity contribution in [1.82, 2.24) is 14.8 Å². The average Bonchev–Trinajstić information content (AvgIpc) is 3.03. The summed E-state index contributed by atoms with van der Waals surface area (Å²) in [4.78, 5) is 23.7. The van der Waals surface area contributed by atoms with E-state index in [1.807, 2.05) is 0 Å². The minimum Gasteiger partial charge on any atom is -0.321 e. The largest absolute Gasteiger partial charge is 0.321 e. The first kappa shape index (κ1) is 19.2. The molecule has 138 valence electrons. The highest BCUT2D eigenvalue weighted by atomic mass is 35.5. The number of rotatable bonds is 5. The molecule has 0 aliphatic carbocycles. The summed E-state index contributed by atoms with van der Waals surface area (Å²) in [5.74, 6) is -0.544. The highest BCUT2D eigenvalue weighted by molar-refractivity contribution is 7.99. The second kappa shape index (κ2) is 7.95. The van der Waals surface area contributed by atoms with Crippen molar-refractivity contribution in [1.29, 1.82) is 0 Å². The van der Waals surface area contributed by atoms with Crippen molar-refractivity contribution >= 4 is 52.2 Å². The lowest BCUT2D eigenvalue weighted by molar-refractivity contribution is -0.387. The molecule has 0 aliphatic rings. The van der Waals surface area contributed by atoms with Crippen LogP contribution >= 0.6 is 35.0 Å². The van der Waals surface area contributed by atoms with Gasteiger partial charge in [0.15, 0.2) is 5.16 Å². The number of nitrogens with one attached hydrogen (secondary N) is 1. The normalized spacial score (nSPS) is 10.6. The third kappa shape index (κ3) is 4.21. The molecule has 3 aromatic rings. The lowest BCUT2D eigenvalue weighted by atomic mass is 10.2. The number of aromatic nitrogens is 3. The van der Waals surface area contributed by atoms with Gasteiger partial charge in [-0.05, 0) is 36.0 Å². The van der Waals surface area contributed by atoms with E-state index in [0.717, 1.165) is 11.8 Å². The first-order valence-corrected chi connectivity index (χ1v) is 8.99. The number of nitrogens with zero attached hydrogens (tertiary/aromatic N) is 4. The van der Waals surface area contributed by atoms with Crippen LogP contribution in [-0.2, 0) is 7.05 Å². The highest BCUT2D eigenvalue weighted by Crippen LogP contribution is 2.35. The van der Waals surface area contributed by atoms with Crippen LogP contribution < -0.4 is 5.32 Å². The molecule has 1 aromatic heterocycles. The van der Waals surface area contributed by atoms with Crippen LogP contribution in [0.15, 0.2) is 52.8 Å². The maximum Gasteiger partial charge on any atom is 0.284 e. The molecule has 0 unspecified atom stereocenters. The van der Waals surface area contributed by atoms with Gasteiger partial charge >= 0.3 is 0 Å². The van der Waals surface area contributed by atoms with E-state index >= 15 is 0 Å². The molecule has 2 aromatic carbocycles. The van der Waals surface area contributed by atoms with E-state index < -0.39 is 10.8 Å². The molecule has 0 saturated heterocycles. The Morgan fingerprint density at radius 3 is 2.74 bits per heavy atom. The van der Waals surface area contributed by atoms with Gasteiger partial charge in [0, 0.05) is 18.7 Å². The minimum absolute atomic E-state index is 0.111. The molecule has 1 amide bonds. The maximum absolute atomic E-state index is 12.5. The topological polar surface area (TPSA) is 103 Å². The zero-order chi connectivity index (χ0) is 19.6. The SMILES string of the molecule is Cn1cnnc1Sc1ccc(C(=O)Nc2cccc(Cl)c2Cl)cc1[N+](=O)[O-]. The van der Waals surface area contributed by atoms with Gasteiger partial charge in [-0.2, -0.15) is 0 Å². The van der Waals surface area contributed by atoms with E-state index in [1.54, 1.807) is 29.8 Å². The molecule has 3 rings (SSSR count). The number of hydrogen-bond acceptors (Lipinski definition) is 6. The van der Waals surface area contributed by atoms with Gasteiger partial charge in [-0.15, -0.1) is 10.2 Å². The third-order valence-corrected chi connectivity index (χ3v) is 5.42. The van der Waals surface area contributed by atoms with Crippen LogP contribution in [-0.4, -0.2) is 25.6 Å². The fourth-order valence-electron chi connectivity index (χ4n) is 2.15. The van der Waals surface area contributed by atoms with Crippen molar-refractivity contribution in [3.8, 4) is 0 Å². The second-order valence-electron chi connectivity index (χ2n) is 5.32. The van der Waals surface area contributed by atoms with Crippen LogP contribution in [0.3, 0.4) is 0 Å². The smallest absolute Gasteiger partial charge is 0.284 e. The molecule has 0 saturated carbocycles. The lowest BCUT2D eigenvalue weighted by Gasteiger charge is -2.09. The number of anilines is 1. The van der Waals surface area contributed by atoms with E-state index in [1.165, 1.54) is 24.5 Å². The number of hydrogen-bond donors (Lipinski definition) is 1. The van der Waals surface area contributed by atoms with Crippen LogP contribution in [0.25, 0.3) is 0 Å². The van der Waals surface area contributed by atoms with Crippen molar-refractivity contribution in [3.05, 3.63) is 68.4 Å². The second-order valence-corrected chi connectivity index (χ2v) is 7.12. The predicted molar refractivity (Wildman–Crippen MR) is 103 cm³/mol. The van der Waals surface area contributed by atoms with Crippen molar-refractivity contribution in [2.45, 2.75) is 10.1 Å². The summed E-state index contributed by atoms with van der Waals surface area (Å²) >= 11 is 13.1. The summed E-state index contributed by atoms with van der Waals surface area (Å²) in [6.45, 7) is 0. The molecule has 0 radical (unpaired) electrons. The van der Waals surface area contributed by atoms with Crippen molar-refractivity contribution in [3.63, 3.8) is 0 Å². The van der Waals surface area contributed by atoms with Gasteiger partial charge < -0.3 is 9.88 Å². The molecule has 27 heavy (non-hydrogen) atoms. The molecule has 0 atom stereocenters. The molecule has 0 bridgehead atoms. The number of carbonyl (C=O) groups excluding carboxylic acids is 1. The minimum atomic E-state index is -0.554.